The molecule has 7 heteroatoms. The van der Waals surface area contributed by atoms with Crippen LogP contribution in [0.25, 0.3) is 0 Å². The molecule has 0 spiro atoms. The second-order valence-corrected chi connectivity index (χ2v) is 9.73. The molecule has 0 radical (unpaired) electrons. The van der Waals surface area contributed by atoms with Gasteiger partial charge in [-0.15, -0.1) is 0 Å². The summed E-state index contributed by atoms with van der Waals surface area (Å²) in [7, 11) is 1.77. The predicted molar refractivity (Wildman–Crippen MR) is 139 cm³/mol. The van der Waals surface area contributed by atoms with Gasteiger partial charge in [0.05, 0.1) is 18.1 Å². The van der Waals surface area contributed by atoms with Crippen LogP contribution in [-0.4, -0.2) is 58.9 Å². The number of hydrogen-bond acceptors (Lipinski definition) is 6. The minimum Gasteiger partial charge on any atom is -0.502 e. The second kappa shape index (κ2) is 11.1. The second-order valence-electron chi connectivity index (χ2n) is 9.73. The zero-order chi connectivity index (χ0) is 24.9. The van der Waals surface area contributed by atoms with Crippen LogP contribution < -0.4 is 10.9 Å². The molecule has 1 atom stereocenters. The van der Waals surface area contributed by atoms with E-state index in [0.717, 1.165) is 42.9 Å². The van der Waals surface area contributed by atoms with E-state index in [-0.39, 0.29) is 11.7 Å². The summed E-state index contributed by atoms with van der Waals surface area (Å²) in [5, 5.41) is 13.7. The number of aromatic nitrogens is 2. The number of ether oxygens (including phenoxy) is 1. The molecule has 1 saturated heterocycles. The van der Waals surface area contributed by atoms with Crippen molar-refractivity contribution in [1.29, 1.82) is 0 Å². The highest BCUT2D eigenvalue weighted by Crippen LogP contribution is 2.25. The summed E-state index contributed by atoms with van der Waals surface area (Å²) in [6, 6.07) is 17.2. The number of nitrogens with one attached hydrogen (secondary N) is 2. The molecule has 5 rings (SSSR count). The average Bonchev–Trinajstić information content (AvgIpc) is 3.71. The minimum absolute atomic E-state index is 0.0888. The number of H-pyrrole nitrogens is 1. The maximum atomic E-state index is 11.8. The first-order valence-electron chi connectivity index (χ1n) is 12.5. The maximum Gasteiger partial charge on any atom is 0.293 e. The molecule has 1 aliphatic carbocycles. The van der Waals surface area contributed by atoms with Crippen LogP contribution in [0.15, 0.2) is 59.7 Å². The molecule has 1 aromatic heterocycles. The Kier molecular flexibility index (Phi) is 7.47. The fraction of sp³-hybridized carbons (Fsp3) is 0.379. The van der Waals surface area contributed by atoms with Crippen molar-refractivity contribution in [2.45, 2.75) is 43.9 Å². The number of aromatic hydroxyl groups is 1. The number of benzene rings is 2. The van der Waals surface area contributed by atoms with E-state index in [9.17, 15) is 9.90 Å². The van der Waals surface area contributed by atoms with Crippen LogP contribution in [0.1, 0.15) is 46.7 Å². The van der Waals surface area contributed by atoms with E-state index in [1.54, 1.807) is 7.11 Å². The van der Waals surface area contributed by atoms with Gasteiger partial charge in [-0.05, 0) is 48.2 Å². The highest BCUT2D eigenvalue weighted by atomic mass is 16.5. The molecule has 2 aliphatic rings. The third-order valence-electron chi connectivity index (χ3n) is 6.92. The summed E-state index contributed by atoms with van der Waals surface area (Å²) in [6.07, 6.45) is 4.59. The Balaban J connectivity index is 1.23. The molecule has 1 aliphatic heterocycles. The third-order valence-corrected chi connectivity index (χ3v) is 6.92. The first kappa shape index (κ1) is 24.3. The number of likely N-dealkylation sites (tertiary alicyclic amines) is 1. The van der Waals surface area contributed by atoms with Gasteiger partial charge in [0.2, 0.25) is 5.75 Å². The first-order chi connectivity index (χ1) is 17.6. The van der Waals surface area contributed by atoms with Gasteiger partial charge in [0.1, 0.15) is 0 Å². The lowest BCUT2D eigenvalue weighted by Crippen LogP contribution is -2.50. The van der Waals surface area contributed by atoms with Crippen LogP contribution in [0.4, 0.5) is 0 Å². The molecule has 0 amide bonds. The topological polar surface area (TPSA) is 90.5 Å². The van der Waals surface area contributed by atoms with Crippen molar-refractivity contribution in [2.24, 2.45) is 0 Å². The van der Waals surface area contributed by atoms with Crippen molar-refractivity contribution in [3.05, 3.63) is 93.2 Å². The zero-order valence-electron chi connectivity index (χ0n) is 20.5. The van der Waals surface area contributed by atoms with Crippen LogP contribution in [0.5, 0.6) is 5.75 Å². The monoisotopic (exact) mass is 484 g/mol. The Bertz CT molecular complexity index is 1280. The Hall–Kier alpha value is -3.44. The van der Waals surface area contributed by atoms with Crippen LogP contribution in [0, 0.1) is 11.8 Å². The fourth-order valence-corrected chi connectivity index (χ4v) is 4.45. The van der Waals surface area contributed by atoms with Crippen molar-refractivity contribution in [3.63, 3.8) is 0 Å². The molecule has 2 fully saturated rings. The summed E-state index contributed by atoms with van der Waals surface area (Å²) in [6.45, 7) is 3.69. The Labute approximate surface area is 211 Å². The normalized spacial score (nSPS) is 16.7. The van der Waals surface area contributed by atoms with Crippen molar-refractivity contribution in [1.82, 2.24) is 20.2 Å². The number of methoxy groups -OCH3 is 1. The fourth-order valence-electron chi connectivity index (χ4n) is 4.45. The van der Waals surface area contributed by atoms with E-state index in [4.69, 9.17) is 4.74 Å². The van der Waals surface area contributed by atoms with Gasteiger partial charge in [-0.3, -0.25) is 9.69 Å². The molecule has 2 heterocycles. The Morgan fingerprint density at radius 3 is 2.42 bits per heavy atom. The van der Waals surface area contributed by atoms with Gasteiger partial charge in [-0.1, -0.05) is 36.1 Å². The predicted octanol–water partition coefficient (Wildman–Crippen LogP) is 2.78. The highest BCUT2D eigenvalue weighted by Gasteiger charge is 2.26. The molecular formula is C29H32N4O3. The molecular weight excluding hydrogens is 452 g/mol. The summed E-state index contributed by atoms with van der Waals surface area (Å²) in [5.74, 6) is 6.31. The SMILES string of the molecule is COC1CN(Cc2ccc(C#Cc3ccc(C(CNC4CC4)Cc4nc[nH]c(=O)c4O)cc3)cc2)C1. The van der Waals surface area contributed by atoms with Crippen LogP contribution >= 0.6 is 0 Å². The van der Waals surface area contributed by atoms with Gasteiger partial charge in [-0.25, -0.2) is 4.98 Å². The Morgan fingerprint density at radius 1 is 1.11 bits per heavy atom. The van der Waals surface area contributed by atoms with E-state index in [1.165, 1.54) is 24.7 Å². The van der Waals surface area contributed by atoms with E-state index in [2.05, 4.69) is 68.4 Å². The largest absolute Gasteiger partial charge is 0.502 e. The summed E-state index contributed by atoms with van der Waals surface area (Å²) in [5.41, 5.74) is 4.25. The summed E-state index contributed by atoms with van der Waals surface area (Å²) < 4.78 is 5.34. The highest BCUT2D eigenvalue weighted by molar-refractivity contribution is 5.44. The van der Waals surface area contributed by atoms with Crippen LogP contribution in [-0.2, 0) is 17.7 Å². The smallest absolute Gasteiger partial charge is 0.293 e. The lowest BCUT2D eigenvalue weighted by molar-refractivity contribution is -0.0333. The molecule has 7 nitrogen and oxygen atoms in total. The summed E-state index contributed by atoms with van der Waals surface area (Å²) in [4.78, 5) is 20.8. The first-order valence-corrected chi connectivity index (χ1v) is 12.5. The van der Waals surface area contributed by atoms with Gasteiger partial charge in [0.25, 0.3) is 5.56 Å². The number of nitrogens with zero attached hydrogens (tertiary/aromatic N) is 2. The number of aromatic amines is 1. The van der Waals surface area contributed by atoms with Crippen molar-refractivity contribution in [2.75, 3.05) is 26.7 Å². The van der Waals surface area contributed by atoms with E-state index < -0.39 is 5.56 Å². The van der Waals surface area contributed by atoms with Crippen molar-refractivity contribution < 1.29 is 9.84 Å². The van der Waals surface area contributed by atoms with Gasteiger partial charge in [0.15, 0.2) is 0 Å². The molecule has 186 valence electrons. The maximum absolute atomic E-state index is 11.8. The van der Waals surface area contributed by atoms with Crippen LogP contribution in [0.3, 0.4) is 0 Å². The molecule has 2 aromatic carbocycles. The lowest BCUT2D eigenvalue weighted by atomic mass is 9.93. The molecule has 3 N–H and O–H groups in total. The van der Waals surface area contributed by atoms with Crippen molar-refractivity contribution >= 4 is 0 Å². The molecule has 3 aromatic rings. The standard InChI is InChI=1S/C29H32N4O3/c1-36-26-17-33(18-26)16-22-6-4-20(5-7-22)2-3-21-8-10-23(11-9-21)24(15-30-25-12-13-25)14-27-28(34)29(35)32-19-31-27/h4-11,19,24-26,30,34H,12-18H2,1H3,(H,31,32,35). The minimum atomic E-state index is -0.507. The molecule has 0 bridgehead atoms. The van der Waals surface area contributed by atoms with Gasteiger partial charge >= 0.3 is 0 Å². The van der Waals surface area contributed by atoms with Crippen LogP contribution in [0.2, 0.25) is 0 Å². The molecule has 1 saturated carbocycles. The third kappa shape index (κ3) is 6.21. The van der Waals surface area contributed by atoms with Gasteiger partial charge in [-0.2, -0.15) is 0 Å². The average molecular weight is 485 g/mol. The van der Waals surface area contributed by atoms with Crippen molar-refractivity contribution in [3.8, 4) is 17.6 Å². The van der Waals surface area contributed by atoms with E-state index in [1.807, 2.05) is 12.1 Å². The van der Waals surface area contributed by atoms with Gasteiger partial charge < -0.3 is 20.1 Å². The summed E-state index contributed by atoms with van der Waals surface area (Å²) >= 11 is 0. The van der Waals surface area contributed by atoms with Gasteiger partial charge in [0, 0.05) is 62.8 Å². The number of hydrogen-bond donors (Lipinski definition) is 3. The lowest BCUT2D eigenvalue weighted by Gasteiger charge is -2.38. The molecule has 36 heavy (non-hydrogen) atoms. The van der Waals surface area contributed by atoms with E-state index >= 15 is 0 Å². The molecule has 1 unspecified atom stereocenters. The number of rotatable bonds is 9. The zero-order valence-corrected chi connectivity index (χ0v) is 20.5. The van der Waals surface area contributed by atoms with E-state index in [0.29, 0.717) is 24.3 Å². The quantitative estimate of drug-likeness (QED) is 0.405. The Morgan fingerprint density at radius 2 is 1.78 bits per heavy atom.